The van der Waals surface area contributed by atoms with E-state index in [-0.39, 0.29) is 72.0 Å². The van der Waals surface area contributed by atoms with Crippen LogP contribution in [0.25, 0.3) is 0 Å². The van der Waals surface area contributed by atoms with Gasteiger partial charge in [-0.3, -0.25) is 0 Å². The second-order valence-electron chi connectivity index (χ2n) is 8.99. The number of aldehydes is 1. The Morgan fingerprint density at radius 2 is 1.12 bits per heavy atom. The molecule has 15 N–H and O–H groups in total. The second kappa shape index (κ2) is 36.6. The molecule has 1 aliphatic rings. The SMILES string of the molecule is O=C(O)[C@@H](O)C[C@H](O)[C@H](O)CO.O=C([O-])[C@@H](O)C[C@H](O)[C@H](O)CO.O=C1O[C@H](C(O)CO)C[C@@H]1O.O=CC[C@H](O)[C@H](O)CO.[Na+].[Na+].[O-]Cl. The molecule has 48 heavy (non-hydrogen) atoms. The summed E-state index contributed by atoms with van der Waals surface area (Å²) in [5, 5.41) is 139. The fraction of sp³-hybridized carbons (Fsp3) is 0.826. The molecule has 1 unspecified atom stereocenters. The van der Waals surface area contributed by atoms with Gasteiger partial charge in [0.2, 0.25) is 0 Å². The molecule has 0 bridgehead atoms. The van der Waals surface area contributed by atoms with Crippen LogP contribution in [0.2, 0.25) is 0 Å². The van der Waals surface area contributed by atoms with Crippen LogP contribution in [0, 0.1) is 0 Å². The van der Waals surface area contributed by atoms with Gasteiger partial charge in [-0.2, -0.15) is 0 Å². The van der Waals surface area contributed by atoms with Crippen molar-refractivity contribution in [3.05, 3.63) is 0 Å². The van der Waals surface area contributed by atoms with Gasteiger partial charge < -0.3 is 101 Å². The Bertz CT molecular complexity index is 769. The summed E-state index contributed by atoms with van der Waals surface area (Å²) in [6, 6.07) is 0. The number of aliphatic hydroxyl groups excluding tert-OH is 14. The maximum Gasteiger partial charge on any atom is 1.00 e. The van der Waals surface area contributed by atoms with Gasteiger partial charge in [0.15, 0.2) is 12.2 Å². The van der Waals surface area contributed by atoms with Crippen LogP contribution in [0.4, 0.5) is 0 Å². The Morgan fingerprint density at radius 1 is 0.750 bits per heavy atom. The first-order valence-corrected chi connectivity index (χ1v) is 13.1. The van der Waals surface area contributed by atoms with Crippen LogP contribution in [0.15, 0.2) is 0 Å². The minimum absolute atomic E-state index is 0. The minimum atomic E-state index is -1.83. The van der Waals surface area contributed by atoms with Crippen molar-refractivity contribution in [1.82, 2.24) is 0 Å². The van der Waals surface area contributed by atoms with Crippen LogP contribution in [0.3, 0.4) is 0 Å². The van der Waals surface area contributed by atoms with Crippen LogP contribution in [0.5, 0.6) is 0 Å². The molecule has 0 aromatic carbocycles. The molecule has 0 radical (unpaired) electrons. The largest absolute Gasteiger partial charge is 1.00 e. The molecule has 0 aromatic heterocycles. The summed E-state index contributed by atoms with van der Waals surface area (Å²) >= 11 is 3.39. The quantitative estimate of drug-likeness (QED) is 0.0395. The summed E-state index contributed by atoms with van der Waals surface area (Å²) in [5.41, 5.74) is 0. The van der Waals surface area contributed by atoms with E-state index in [1.54, 1.807) is 0 Å². The third-order valence-corrected chi connectivity index (χ3v) is 5.33. The number of aliphatic carboxylic acids is 2. The number of cyclic esters (lactones) is 1. The van der Waals surface area contributed by atoms with Crippen LogP contribution in [0.1, 0.15) is 25.7 Å². The van der Waals surface area contributed by atoms with Gasteiger partial charge in [0.25, 0.3) is 0 Å². The van der Waals surface area contributed by atoms with Crippen molar-refractivity contribution in [2.45, 2.75) is 92.8 Å². The van der Waals surface area contributed by atoms with Crippen molar-refractivity contribution >= 4 is 36.1 Å². The number of hydrogen-bond donors (Lipinski definition) is 15. The van der Waals surface area contributed by atoms with E-state index in [1.807, 2.05) is 0 Å². The van der Waals surface area contributed by atoms with Crippen molar-refractivity contribution in [2.24, 2.45) is 0 Å². The monoisotopic (exact) mass is 752 g/mol. The standard InChI is InChI=1S/2C6H12O6.C6H10O5.C5H10O4.ClO.2Na/c2*7-2-5(10)3(8)1-4(9)6(11)12;7-2-4(9)5-1-3(8)6(10)11-5;6-2-1-4(8)5(9)3-7;1-2;;/h2*3-5,7-10H,1-2H2,(H,11,12);3-5,7-9H,1-2H2;2,4-5,7-9H,1,3H2;;;/q;;;;-1;2*+1/p-1/t2*3-,4-,5+;3-,4?,5-;4-,5+;;;/m0000.../s1. The number of esters is 1. The summed E-state index contributed by atoms with van der Waals surface area (Å²) in [5.74, 6) is -3.93. The molecule has 0 amide bonds. The molecule has 0 saturated carbocycles. The van der Waals surface area contributed by atoms with Crippen LogP contribution in [-0.4, -0.2) is 194 Å². The molecule has 276 valence electrons. The number of ether oxygens (including phenoxy) is 1. The number of hydrogen-bond acceptors (Lipinski definition) is 21. The average Bonchev–Trinajstić information content (AvgIpc) is 3.38. The molecule has 1 rings (SSSR count). The summed E-state index contributed by atoms with van der Waals surface area (Å²) in [4.78, 5) is 40.2. The van der Waals surface area contributed by atoms with Crippen molar-refractivity contribution in [2.75, 3.05) is 26.4 Å². The van der Waals surface area contributed by atoms with E-state index in [4.69, 9.17) is 81.3 Å². The molecule has 1 heterocycles. The third-order valence-electron chi connectivity index (χ3n) is 5.33. The van der Waals surface area contributed by atoms with Crippen molar-refractivity contribution in [3.8, 4) is 0 Å². The molecule has 0 aromatic rings. The smallest absolute Gasteiger partial charge is 0.769 e. The first-order chi connectivity index (χ1) is 21.3. The number of rotatable bonds is 16. The van der Waals surface area contributed by atoms with Gasteiger partial charge in [0, 0.05) is 25.7 Å². The summed E-state index contributed by atoms with van der Waals surface area (Å²) < 4.78 is 12.2. The third kappa shape index (κ3) is 30.6. The molecule has 1 fully saturated rings. The van der Waals surface area contributed by atoms with E-state index in [0.29, 0.717) is 6.29 Å². The Kier molecular flexibility index (Phi) is 45.6. The normalized spacial score (nSPS) is 20.1. The van der Waals surface area contributed by atoms with Crippen molar-refractivity contribution in [3.63, 3.8) is 0 Å². The first kappa shape index (κ1) is 59.9. The van der Waals surface area contributed by atoms with Gasteiger partial charge in [0.05, 0.1) is 56.8 Å². The fourth-order valence-electron chi connectivity index (χ4n) is 2.53. The van der Waals surface area contributed by atoms with Crippen LogP contribution >= 0.6 is 11.9 Å². The molecule has 0 spiro atoms. The summed E-state index contributed by atoms with van der Waals surface area (Å²) in [6.07, 6.45) is -15.3. The zero-order valence-corrected chi connectivity index (χ0v) is 30.8. The van der Waals surface area contributed by atoms with E-state index in [2.05, 4.69) is 16.6 Å². The van der Waals surface area contributed by atoms with Gasteiger partial charge in [-0.15, -0.1) is 0 Å². The molecule has 1 aliphatic heterocycles. The fourth-order valence-corrected chi connectivity index (χ4v) is 2.53. The summed E-state index contributed by atoms with van der Waals surface area (Å²) in [6.45, 7) is -2.35. The molecule has 25 heteroatoms. The molecule has 1 saturated heterocycles. The van der Waals surface area contributed by atoms with E-state index in [1.165, 1.54) is 0 Å². The molecule has 11 atom stereocenters. The number of halogens is 1. The number of carbonyl (C=O) groups excluding carboxylic acids is 3. The van der Waals surface area contributed by atoms with Gasteiger partial charge in [-0.1, -0.05) is 0 Å². The van der Waals surface area contributed by atoms with E-state index in [9.17, 15) is 24.3 Å². The number of carboxylic acids is 2. The van der Waals surface area contributed by atoms with E-state index < -0.39 is 124 Å². The van der Waals surface area contributed by atoms with Crippen molar-refractivity contribution in [1.29, 1.82) is 0 Å². The van der Waals surface area contributed by atoms with Gasteiger partial charge >= 0.3 is 71.1 Å². The predicted molar refractivity (Wildman–Crippen MR) is 141 cm³/mol. The summed E-state index contributed by atoms with van der Waals surface area (Å²) in [7, 11) is 0. The van der Waals surface area contributed by atoms with Crippen LogP contribution in [-0.2, 0) is 23.9 Å². The Balaban J connectivity index is -0.000000119. The molecule has 0 aliphatic carbocycles. The number of aliphatic hydroxyl groups is 14. The topological polar surface area (TPSA) is 427 Å². The van der Waals surface area contributed by atoms with E-state index in [0.717, 1.165) is 0 Å². The first-order valence-electron chi connectivity index (χ1n) is 12.8. The number of carboxylic acid groups (broad SMARTS) is 2. The average molecular weight is 753 g/mol. The Hall–Kier alpha value is -0.230. The van der Waals surface area contributed by atoms with Gasteiger partial charge in [-0.05, 0) is 0 Å². The molecular weight excluding hydrogens is 710 g/mol. The zero-order valence-electron chi connectivity index (χ0n) is 26.0. The van der Waals surface area contributed by atoms with Crippen molar-refractivity contribution < 1.29 is 169 Å². The maximum atomic E-state index is 10.5. The van der Waals surface area contributed by atoms with E-state index >= 15 is 0 Å². The van der Waals surface area contributed by atoms with Gasteiger partial charge in [-0.25, -0.2) is 21.5 Å². The Labute approximate surface area is 322 Å². The Morgan fingerprint density at radius 3 is 1.40 bits per heavy atom. The van der Waals surface area contributed by atoms with Gasteiger partial charge in [0.1, 0.15) is 36.8 Å². The predicted octanol–water partition coefficient (Wildman–Crippen LogP) is -16.4. The maximum absolute atomic E-state index is 10.5. The molecule has 22 nitrogen and oxygen atoms in total. The minimum Gasteiger partial charge on any atom is -0.769 e. The van der Waals surface area contributed by atoms with Crippen LogP contribution < -0.4 is 68.9 Å². The number of carbonyl (C=O) groups is 4. The molecular formula is C23H43ClNa2O22. The second-order valence-corrected chi connectivity index (χ2v) is 8.99. The zero-order chi connectivity index (χ0) is 37.2.